The molecule has 0 N–H and O–H groups in total. The highest BCUT2D eigenvalue weighted by molar-refractivity contribution is 5.91. The molecule has 0 fully saturated rings. The standard InChI is InChI=1S/C13H21N3O3/c1-5-7-11(13(18)19-6-2)16-9-8-10(14-16)12(17)15(3)4/h8-9,11H,5-7H2,1-4H3. The molecule has 0 bridgehead atoms. The summed E-state index contributed by atoms with van der Waals surface area (Å²) in [4.78, 5) is 25.1. The highest BCUT2D eigenvalue weighted by atomic mass is 16.5. The number of esters is 1. The maximum Gasteiger partial charge on any atom is 0.330 e. The summed E-state index contributed by atoms with van der Waals surface area (Å²) < 4.78 is 6.55. The molecule has 0 saturated carbocycles. The summed E-state index contributed by atoms with van der Waals surface area (Å²) >= 11 is 0. The Morgan fingerprint density at radius 2 is 2.11 bits per heavy atom. The van der Waals surface area contributed by atoms with Crippen LogP contribution in [0.1, 0.15) is 43.2 Å². The SMILES string of the molecule is CCCC(C(=O)OCC)n1ccc(C(=O)N(C)C)n1. The molecule has 1 amide bonds. The first-order chi connectivity index (χ1) is 9.01. The molecular weight excluding hydrogens is 246 g/mol. The van der Waals surface area contributed by atoms with Gasteiger partial charge in [-0.2, -0.15) is 5.10 Å². The van der Waals surface area contributed by atoms with Gasteiger partial charge in [-0.15, -0.1) is 0 Å². The van der Waals surface area contributed by atoms with Crippen LogP contribution in [0.15, 0.2) is 12.3 Å². The van der Waals surface area contributed by atoms with Crippen LogP contribution in [0.4, 0.5) is 0 Å². The Morgan fingerprint density at radius 1 is 1.42 bits per heavy atom. The fourth-order valence-electron chi connectivity index (χ4n) is 1.72. The van der Waals surface area contributed by atoms with Gasteiger partial charge in [-0.25, -0.2) is 4.79 Å². The van der Waals surface area contributed by atoms with Gasteiger partial charge in [-0.05, 0) is 19.4 Å². The van der Waals surface area contributed by atoms with Gasteiger partial charge in [-0.3, -0.25) is 9.48 Å². The zero-order chi connectivity index (χ0) is 14.4. The number of nitrogens with zero attached hydrogens (tertiary/aromatic N) is 3. The third-order valence-corrected chi connectivity index (χ3v) is 2.67. The molecule has 1 unspecified atom stereocenters. The minimum Gasteiger partial charge on any atom is -0.464 e. The molecular formula is C13H21N3O3. The van der Waals surface area contributed by atoms with E-state index in [0.29, 0.717) is 18.7 Å². The molecule has 1 rings (SSSR count). The van der Waals surface area contributed by atoms with Crippen LogP contribution in [0.25, 0.3) is 0 Å². The third-order valence-electron chi connectivity index (χ3n) is 2.67. The van der Waals surface area contributed by atoms with Crippen molar-refractivity contribution in [3.8, 4) is 0 Å². The normalized spacial score (nSPS) is 12.0. The van der Waals surface area contributed by atoms with E-state index in [2.05, 4.69) is 5.10 Å². The summed E-state index contributed by atoms with van der Waals surface area (Å²) in [6.07, 6.45) is 3.12. The monoisotopic (exact) mass is 267 g/mol. The van der Waals surface area contributed by atoms with E-state index in [1.807, 2.05) is 6.92 Å². The van der Waals surface area contributed by atoms with Crippen molar-refractivity contribution in [2.75, 3.05) is 20.7 Å². The second-order valence-electron chi connectivity index (χ2n) is 4.44. The van der Waals surface area contributed by atoms with Gasteiger partial charge < -0.3 is 9.64 Å². The lowest BCUT2D eigenvalue weighted by Gasteiger charge is -2.15. The lowest BCUT2D eigenvalue weighted by atomic mass is 10.2. The van der Waals surface area contributed by atoms with Crippen molar-refractivity contribution in [3.63, 3.8) is 0 Å². The lowest BCUT2D eigenvalue weighted by Crippen LogP contribution is -2.25. The van der Waals surface area contributed by atoms with E-state index in [1.165, 1.54) is 9.58 Å². The molecule has 0 spiro atoms. The molecule has 1 aromatic rings. The van der Waals surface area contributed by atoms with Crippen molar-refractivity contribution in [2.45, 2.75) is 32.7 Å². The minimum atomic E-state index is -0.464. The van der Waals surface area contributed by atoms with Gasteiger partial charge in [0.15, 0.2) is 0 Å². The Bertz CT molecular complexity index is 440. The number of carbonyl (C=O) groups excluding carboxylic acids is 2. The Hall–Kier alpha value is -1.85. The summed E-state index contributed by atoms with van der Waals surface area (Å²) in [5.41, 5.74) is 0.329. The number of amides is 1. The van der Waals surface area contributed by atoms with E-state index in [9.17, 15) is 9.59 Å². The zero-order valence-electron chi connectivity index (χ0n) is 11.9. The van der Waals surface area contributed by atoms with Gasteiger partial charge in [-0.1, -0.05) is 13.3 Å². The summed E-state index contributed by atoms with van der Waals surface area (Å²) in [5.74, 6) is -0.492. The van der Waals surface area contributed by atoms with Crippen LogP contribution >= 0.6 is 0 Å². The number of hydrogen-bond acceptors (Lipinski definition) is 4. The second kappa shape index (κ2) is 6.92. The van der Waals surface area contributed by atoms with Crippen LogP contribution in [0.3, 0.4) is 0 Å². The van der Waals surface area contributed by atoms with Crippen LogP contribution in [-0.4, -0.2) is 47.3 Å². The molecule has 0 aromatic carbocycles. The number of carbonyl (C=O) groups is 2. The van der Waals surface area contributed by atoms with Gasteiger partial charge in [0, 0.05) is 20.3 Å². The van der Waals surface area contributed by atoms with Crippen LogP contribution in [0, 0.1) is 0 Å². The Labute approximate surface area is 113 Å². The van der Waals surface area contributed by atoms with Crippen molar-refractivity contribution in [2.24, 2.45) is 0 Å². The fourth-order valence-corrected chi connectivity index (χ4v) is 1.72. The van der Waals surface area contributed by atoms with E-state index >= 15 is 0 Å². The molecule has 0 aliphatic rings. The summed E-state index contributed by atoms with van der Waals surface area (Å²) in [6, 6.07) is 1.15. The molecule has 6 heteroatoms. The Kier molecular flexibility index (Phi) is 5.54. The van der Waals surface area contributed by atoms with Gasteiger partial charge in [0.1, 0.15) is 11.7 Å². The topological polar surface area (TPSA) is 64.4 Å². The van der Waals surface area contributed by atoms with E-state index in [0.717, 1.165) is 6.42 Å². The van der Waals surface area contributed by atoms with Crippen molar-refractivity contribution >= 4 is 11.9 Å². The molecule has 1 atom stereocenters. The molecule has 1 aromatic heterocycles. The van der Waals surface area contributed by atoms with Crippen LogP contribution in [-0.2, 0) is 9.53 Å². The first-order valence-corrected chi connectivity index (χ1v) is 6.44. The molecule has 0 radical (unpaired) electrons. The van der Waals surface area contributed by atoms with Crippen LogP contribution in [0.2, 0.25) is 0 Å². The molecule has 0 saturated heterocycles. The number of rotatable bonds is 6. The van der Waals surface area contributed by atoms with Gasteiger partial charge in [0.05, 0.1) is 6.61 Å². The van der Waals surface area contributed by atoms with Crippen molar-refractivity contribution in [3.05, 3.63) is 18.0 Å². The predicted molar refractivity (Wildman–Crippen MR) is 70.8 cm³/mol. The van der Waals surface area contributed by atoms with Crippen molar-refractivity contribution in [1.29, 1.82) is 0 Å². The smallest absolute Gasteiger partial charge is 0.330 e. The third kappa shape index (κ3) is 3.81. The van der Waals surface area contributed by atoms with Gasteiger partial charge >= 0.3 is 5.97 Å². The van der Waals surface area contributed by atoms with E-state index in [4.69, 9.17) is 4.74 Å². The average molecular weight is 267 g/mol. The van der Waals surface area contributed by atoms with Gasteiger partial charge in [0.25, 0.3) is 5.91 Å². The summed E-state index contributed by atoms with van der Waals surface area (Å²) in [6.45, 7) is 4.09. The number of ether oxygens (including phenoxy) is 1. The molecule has 106 valence electrons. The molecule has 0 aliphatic heterocycles. The van der Waals surface area contributed by atoms with Crippen LogP contribution in [0.5, 0.6) is 0 Å². The Balaban J connectivity index is 2.92. The van der Waals surface area contributed by atoms with Crippen molar-refractivity contribution < 1.29 is 14.3 Å². The zero-order valence-corrected chi connectivity index (χ0v) is 11.9. The second-order valence-corrected chi connectivity index (χ2v) is 4.44. The average Bonchev–Trinajstić information content (AvgIpc) is 2.84. The lowest BCUT2D eigenvalue weighted by molar-refractivity contribution is -0.147. The van der Waals surface area contributed by atoms with E-state index in [-0.39, 0.29) is 11.9 Å². The first kappa shape index (κ1) is 15.2. The highest BCUT2D eigenvalue weighted by Crippen LogP contribution is 2.16. The maximum atomic E-state index is 11.9. The summed E-state index contributed by atoms with van der Waals surface area (Å²) in [7, 11) is 3.33. The number of aromatic nitrogens is 2. The minimum absolute atomic E-state index is 0.183. The predicted octanol–water partition coefficient (Wildman–Crippen LogP) is 1.49. The molecule has 6 nitrogen and oxygen atoms in total. The first-order valence-electron chi connectivity index (χ1n) is 6.44. The van der Waals surface area contributed by atoms with E-state index < -0.39 is 6.04 Å². The largest absolute Gasteiger partial charge is 0.464 e. The quantitative estimate of drug-likeness (QED) is 0.732. The highest BCUT2D eigenvalue weighted by Gasteiger charge is 2.23. The Morgan fingerprint density at radius 3 is 2.63 bits per heavy atom. The molecule has 19 heavy (non-hydrogen) atoms. The van der Waals surface area contributed by atoms with Crippen molar-refractivity contribution in [1.82, 2.24) is 14.7 Å². The summed E-state index contributed by atoms with van der Waals surface area (Å²) in [5, 5.41) is 4.18. The number of hydrogen-bond donors (Lipinski definition) is 0. The van der Waals surface area contributed by atoms with Gasteiger partial charge in [0.2, 0.25) is 0 Å². The molecule has 0 aliphatic carbocycles. The van der Waals surface area contributed by atoms with E-state index in [1.54, 1.807) is 33.3 Å². The fraction of sp³-hybridized carbons (Fsp3) is 0.615. The maximum absolute atomic E-state index is 11.9. The molecule has 1 heterocycles. The van der Waals surface area contributed by atoms with Crippen LogP contribution < -0.4 is 0 Å².